The number of anilines is 2. The van der Waals surface area contributed by atoms with E-state index < -0.39 is 0 Å². The van der Waals surface area contributed by atoms with E-state index in [1.165, 1.54) is 9.80 Å². The average Bonchev–Trinajstić information content (AvgIpc) is 3.50. The molecule has 6 aromatic rings. The molecule has 0 aromatic heterocycles. The molecule has 4 amide bonds. The quantitative estimate of drug-likeness (QED) is 0.166. The maximum atomic E-state index is 13.4. The van der Waals surface area contributed by atoms with E-state index in [-0.39, 0.29) is 34.8 Å². The Hall–Kier alpha value is -6.54. The van der Waals surface area contributed by atoms with Gasteiger partial charge >= 0.3 is 0 Å². The third-order valence-corrected chi connectivity index (χ3v) is 9.60. The Kier molecular flexibility index (Phi) is 7.11. The average molecular weight is 659 g/mol. The highest BCUT2D eigenvalue weighted by molar-refractivity contribution is 6.35. The summed E-state index contributed by atoms with van der Waals surface area (Å²) in [6, 6.07) is 32.1. The van der Waals surface area contributed by atoms with Crippen LogP contribution in [0.1, 0.15) is 63.7 Å². The zero-order valence-electron chi connectivity index (χ0n) is 27.7. The summed E-state index contributed by atoms with van der Waals surface area (Å²) < 4.78 is 12.3. The van der Waals surface area contributed by atoms with Gasteiger partial charge in [-0.25, -0.2) is 9.80 Å². The molecule has 0 saturated heterocycles. The molecule has 0 N–H and O–H groups in total. The highest BCUT2D eigenvalue weighted by Crippen LogP contribution is 2.37. The van der Waals surface area contributed by atoms with Crippen LogP contribution in [0.4, 0.5) is 11.4 Å². The van der Waals surface area contributed by atoms with Gasteiger partial charge < -0.3 is 9.47 Å². The molecule has 0 saturated carbocycles. The van der Waals surface area contributed by atoms with E-state index in [0.29, 0.717) is 45.5 Å². The zero-order valence-corrected chi connectivity index (χ0v) is 27.7. The number of aryl methyl sites for hydroxylation is 2. The molecule has 0 bridgehead atoms. The minimum atomic E-state index is -0.389. The van der Waals surface area contributed by atoms with E-state index in [9.17, 15) is 19.2 Å². The van der Waals surface area contributed by atoms with Gasteiger partial charge in [0.15, 0.2) is 0 Å². The van der Waals surface area contributed by atoms with Gasteiger partial charge in [-0.1, -0.05) is 36.4 Å². The summed E-state index contributed by atoms with van der Waals surface area (Å²) >= 11 is 0. The lowest BCUT2D eigenvalue weighted by Crippen LogP contribution is -2.30. The number of fused-ring (bicyclic) bond motifs is 3. The number of imide groups is 2. The van der Waals surface area contributed by atoms with E-state index >= 15 is 0 Å². The lowest BCUT2D eigenvalue weighted by Gasteiger charge is -2.17. The normalized spacial score (nSPS) is 13.7. The van der Waals surface area contributed by atoms with Gasteiger partial charge in [0.2, 0.25) is 0 Å². The van der Waals surface area contributed by atoms with E-state index in [1.807, 2.05) is 88.4 Å². The van der Waals surface area contributed by atoms with Crippen LogP contribution < -0.4 is 19.3 Å². The van der Waals surface area contributed by atoms with Crippen LogP contribution in [0.2, 0.25) is 0 Å². The van der Waals surface area contributed by atoms with E-state index in [2.05, 4.69) is 0 Å². The summed E-state index contributed by atoms with van der Waals surface area (Å²) in [5.74, 6) is 0.415. The van der Waals surface area contributed by atoms with Crippen molar-refractivity contribution in [1.82, 2.24) is 0 Å². The van der Waals surface area contributed by atoms with Crippen LogP contribution in [-0.2, 0) is 0 Å². The van der Waals surface area contributed by atoms with Crippen LogP contribution in [0.15, 0.2) is 109 Å². The maximum absolute atomic E-state index is 13.4. The molecule has 2 heterocycles. The highest BCUT2D eigenvalue weighted by atomic mass is 16.5. The summed E-state index contributed by atoms with van der Waals surface area (Å²) in [7, 11) is 0. The number of carbonyl (C=O) groups is 4. The van der Waals surface area contributed by atoms with Gasteiger partial charge in [0.25, 0.3) is 23.6 Å². The lowest BCUT2D eigenvalue weighted by atomic mass is 10.1. The van der Waals surface area contributed by atoms with Gasteiger partial charge in [-0.15, -0.1) is 0 Å². The molecule has 0 aliphatic carbocycles. The number of amides is 4. The van der Waals surface area contributed by atoms with Crippen LogP contribution in [0.5, 0.6) is 23.0 Å². The molecule has 8 heteroatoms. The van der Waals surface area contributed by atoms with Crippen molar-refractivity contribution in [3.8, 4) is 23.0 Å². The molecule has 6 aromatic carbocycles. The highest BCUT2D eigenvalue weighted by Gasteiger charge is 2.39. The van der Waals surface area contributed by atoms with Crippen LogP contribution >= 0.6 is 0 Å². The van der Waals surface area contributed by atoms with Crippen LogP contribution in [-0.4, -0.2) is 23.6 Å². The topological polar surface area (TPSA) is 93.2 Å². The van der Waals surface area contributed by atoms with Crippen LogP contribution in [0, 0.1) is 27.7 Å². The Balaban J connectivity index is 1.03. The Morgan fingerprint density at radius 1 is 0.400 bits per heavy atom. The molecular formula is C42H30N2O6. The second kappa shape index (κ2) is 11.6. The number of hydrogen-bond acceptors (Lipinski definition) is 6. The summed E-state index contributed by atoms with van der Waals surface area (Å²) in [5, 5.41) is 1.78. The molecule has 0 atom stereocenters. The van der Waals surface area contributed by atoms with Crippen molar-refractivity contribution in [1.29, 1.82) is 0 Å². The van der Waals surface area contributed by atoms with Gasteiger partial charge in [0, 0.05) is 0 Å². The third-order valence-electron chi connectivity index (χ3n) is 9.60. The Morgan fingerprint density at radius 3 is 1.22 bits per heavy atom. The van der Waals surface area contributed by atoms with E-state index in [1.54, 1.807) is 48.5 Å². The maximum Gasteiger partial charge on any atom is 0.266 e. The molecule has 0 spiro atoms. The van der Waals surface area contributed by atoms with Gasteiger partial charge in [-0.05, 0) is 134 Å². The fourth-order valence-electron chi connectivity index (χ4n) is 6.56. The van der Waals surface area contributed by atoms with Crippen LogP contribution in [0.25, 0.3) is 10.8 Å². The predicted octanol–water partition coefficient (Wildman–Crippen LogP) is 9.26. The van der Waals surface area contributed by atoms with Crippen molar-refractivity contribution < 1.29 is 28.7 Å². The van der Waals surface area contributed by atoms with E-state index in [0.717, 1.165) is 33.0 Å². The molecule has 0 unspecified atom stereocenters. The number of nitrogens with zero attached hydrogens (tertiary/aromatic N) is 2. The minimum Gasteiger partial charge on any atom is -0.457 e. The SMILES string of the molecule is Cc1cccc(N2C(=O)c3ccc(Oc4ccc5ccc(Oc6ccc7c(c6)C(=O)N(c6cccc(C)c6C)C7=O)cc5c4)cc3C2=O)c1C. The summed E-state index contributed by atoms with van der Waals surface area (Å²) in [5.41, 5.74) is 6.12. The number of ether oxygens (including phenoxy) is 2. The third kappa shape index (κ3) is 4.92. The van der Waals surface area contributed by atoms with Crippen molar-refractivity contribution in [2.45, 2.75) is 27.7 Å². The van der Waals surface area contributed by atoms with Gasteiger partial charge in [-0.2, -0.15) is 0 Å². The van der Waals surface area contributed by atoms with Gasteiger partial charge in [-0.3, -0.25) is 19.2 Å². The minimum absolute atomic E-state index is 0.288. The first-order chi connectivity index (χ1) is 24.1. The first kappa shape index (κ1) is 30.8. The van der Waals surface area contributed by atoms with Crippen molar-refractivity contribution in [2.75, 3.05) is 9.80 Å². The molecule has 2 aliphatic heterocycles. The molecule has 8 rings (SSSR count). The number of rotatable bonds is 6. The summed E-state index contributed by atoms with van der Waals surface area (Å²) in [6.45, 7) is 7.69. The molecule has 0 fully saturated rings. The van der Waals surface area contributed by atoms with Crippen molar-refractivity contribution in [3.63, 3.8) is 0 Å². The Morgan fingerprint density at radius 2 is 0.780 bits per heavy atom. The largest absolute Gasteiger partial charge is 0.457 e. The summed E-state index contributed by atoms with van der Waals surface area (Å²) in [4.78, 5) is 55.8. The first-order valence-electron chi connectivity index (χ1n) is 16.2. The van der Waals surface area contributed by atoms with Crippen molar-refractivity contribution >= 4 is 45.8 Å². The molecule has 8 nitrogen and oxygen atoms in total. The number of carbonyl (C=O) groups excluding carboxylic acids is 4. The second-order valence-electron chi connectivity index (χ2n) is 12.6. The van der Waals surface area contributed by atoms with Crippen LogP contribution in [0.3, 0.4) is 0 Å². The van der Waals surface area contributed by atoms with Gasteiger partial charge in [0.1, 0.15) is 23.0 Å². The molecule has 0 radical (unpaired) electrons. The van der Waals surface area contributed by atoms with Crippen molar-refractivity contribution in [3.05, 3.63) is 154 Å². The Labute approximate surface area is 288 Å². The second-order valence-corrected chi connectivity index (χ2v) is 12.6. The standard InChI is InChI=1S/C42H30N2O6/c1-23-7-5-9-37(25(23)3)43-39(45)33-17-15-31(21-35(33)41(43)47)49-29-13-11-27-12-14-30(20-28(27)19-29)50-32-16-18-34-36(22-32)42(48)44(40(34)46)38-10-6-8-24(2)26(38)4/h5-22H,1-4H3. The Bertz CT molecular complexity index is 2310. The molecule has 244 valence electrons. The van der Waals surface area contributed by atoms with E-state index in [4.69, 9.17) is 9.47 Å². The fraction of sp³-hybridized carbons (Fsp3) is 0.0952. The summed E-state index contributed by atoms with van der Waals surface area (Å²) in [6.07, 6.45) is 0. The zero-order chi connectivity index (χ0) is 34.8. The number of hydrogen-bond donors (Lipinski definition) is 0. The first-order valence-corrected chi connectivity index (χ1v) is 16.2. The van der Waals surface area contributed by atoms with Crippen molar-refractivity contribution in [2.24, 2.45) is 0 Å². The molecule has 2 aliphatic rings. The lowest BCUT2D eigenvalue weighted by molar-refractivity contribution is 0.0910. The smallest absolute Gasteiger partial charge is 0.266 e. The fourth-order valence-corrected chi connectivity index (χ4v) is 6.56. The van der Waals surface area contributed by atoms with Gasteiger partial charge in [0.05, 0.1) is 33.6 Å². The molecule has 50 heavy (non-hydrogen) atoms. The monoisotopic (exact) mass is 658 g/mol. The molecular weight excluding hydrogens is 628 g/mol. The predicted molar refractivity (Wildman–Crippen MR) is 191 cm³/mol. The number of benzene rings is 6.